The Hall–Kier alpha value is -1.50. The molecule has 134 valence electrons. The molecule has 0 saturated heterocycles. The van der Waals surface area contributed by atoms with E-state index in [4.69, 9.17) is 9.47 Å². The van der Waals surface area contributed by atoms with Crippen LogP contribution in [-0.2, 0) is 9.47 Å². The highest BCUT2D eigenvalue weighted by atomic mass is 16.6. The van der Waals surface area contributed by atoms with Crippen molar-refractivity contribution in [3.8, 4) is 0 Å². The van der Waals surface area contributed by atoms with Gasteiger partial charge in [0.25, 0.3) is 0 Å². The highest BCUT2D eigenvalue weighted by Crippen LogP contribution is 2.21. The molecule has 2 unspecified atom stereocenters. The Labute approximate surface area is 138 Å². The predicted octanol–water partition coefficient (Wildman–Crippen LogP) is 2.16. The molecule has 23 heavy (non-hydrogen) atoms. The summed E-state index contributed by atoms with van der Waals surface area (Å²) in [5, 5.41) is 8.88. The molecule has 0 aromatic carbocycles. The fraction of sp³-hybridized carbons (Fsp3) is 0.875. The topological polar surface area (TPSA) is 88.7 Å². The second-order valence-corrected chi connectivity index (χ2v) is 7.83. The fourth-order valence-electron chi connectivity index (χ4n) is 1.92. The molecule has 7 nitrogen and oxygen atoms in total. The van der Waals surface area contributed by atoms with Gasteiger partial charge in [0.2, 0.25) is 0 Å². The van der Waals surface area contributed by atoms with E-state index in [0.29, 0.717) is 6.54 Å². The first-order valence-corrected chi connectivity index (χ1v) is 8.16. The molecule has 1 aliphatic rings. The Morgan fingerprint density at radius 1 is 0.913 bits per heavy atom. The third kappa shape index (κ3) is 9.99. The Morgan fingerprint density at radius 3 is 2.04 bits per heavy atom. The van der Waals surface area contributed by atoms with E-state index in [1.54, 1.807) is 0 Å². The van der Waals surface area contributed by atoms with E-state index in [1.807, 2.05) is 41.5 Å². The highest BCUT2D eigenvalue weighted by molar-refractivity contribution is 5.68. The van der Waals surface area contributed by atoms with Gasteiger partial charge in [-0.25, -0.2) is 9.59 Å². The van der Waals surface area contributed by atoms with Gasteiger partial charge in [-0.05, 0) is 60.9 Å². The van der Waals surface area contributed by atoms with Crippen LogP contribution in [0.1, 0.15) is 54.4 Å². The first-order chi connectivity index (χ1) is 10.5. The second-order valence-electron chi connectivity index (χ2n) is 7.83. The standard InChI is InChI=1S/C16H31N3O4/c1-15(2,3)22-13(20)18-9-7-8-17-11-10-12(11)19-14(21)23-16(4,5)6/h11-12,17H,7-10H2,1-6H3,(H,18,20)(H,19,21). The third-order valence-electron chi connectivity index (χ3n) is 2.92. The maximum absolute atomic E-state index is 11.6. The summed E-state index contributed by atoms with van der Waals surface area (Å²) in [4.78, 5) is 23.0. The van der Waals surface area contributed by atoms with Crippen molar-refractivity contribution in [1.29, 1.82) is 0 Å². The van der Waals surface area contributed by atoms with Crippen LogP contribution in [0.25, 0.3) is 0 Å². The van der Waals surface area contributed by atoms with E-state index in [-0.39, 0.29) is 18.2 Å². The number of amides is 2. The molecule has 0 heterocycles. The average molecular weight is 329 g/mol. The lowest BCUT2D eigenvalue weighted by atomic mass is 10.2. The SMILES string of the molecule is CC(C)(C)OC(=O)NCCCNC1CC1NC(=O)OC(C)(C)C. The van der Waals surface area contributed by atoms with Crippen LogP contribution >= 0.6 is 0 Å². The Morgan fingerprint density at radius 2 is 1.48 bits per heavy atom. The number of rotatable bonds is 6. The monoisotopic (exact) mass is 329 g/mol. The summed E-state index contributed by atoms with van der Waals surface area (Å²) in [5.41, 5.74) is -0.952. The van der Waals surface area contributed by atoms with Gasteiger partial charge in [-0.2, -0.15) is 0 Å². The molecule has 2 amide bonds. The number of ether oxygens (including phenoxy) is 2. The lowest BCUT2D eigenvalue weighted by Crippen LogP contribution is -2.37. The molecule has 7 heteroatoms. The highest BCUT2D eigenvalue weighted by Gasteiger charge is 2.38. The maximum atomic E-state index is 11.6. The number of carbonyl (C=O) groups excluding carboxylic acids is 2. The molecule has 1 fully saturated rings. The van der Waals surface area contributed by atoms with Gasteiger partial charge in [0.15, 0.2) is 0 Å². The van der Waals surface area contributed by atoms with Crippen molar-refractivity contribution in [3.05, 3.63) is 0 Å². The fourth-order valence-corrected chi connectivity index (χ4v) is 1.92. The van der Waals surface area contributed by atoms with Crippen LogP contribution in [0.3, 0.4) is 0 Å². The molecular weight excluding hydrogens is 298 g/mol. The molecule has 1 rings (SSSR count). The van der Waals surface area contributed by atoms with Crippen molar-refractivity contribution in [2.24, 2.45) is 0 Å². The zero-order valence-corrected chi connectivity index (χ0v) is 15.1. The molecule has 1 saturated carbocycles. The summed E-state index contributed by atoms with van der Waals surface area (Å²) < 4.78 is 10.4. The number of hydrogen-bond acceptors (Lipinski definition) is 5. The second kappa shape index (κ2) is 7.86. The molecule has 0 bridgehead atoms. The van der Waals surface area contributed by atoms with Crippen molar-refractivity contribution < 1.29 is 19.1 Å². The molecule has 0 radical (unpaired) electrons. The van der Waals surface area contributed by atoms with Crippen molar-refractivity contribution in [3.63, 3.8) is 0 Å². The van der Waals surface area contributed by atoms with Crippen LogP contribution in [0.5, 0.6) is 0 Å². The largest absolute Gasteiger partial charge is 0.444 e. The minimum atomic E-state index is -0.477. The predicted molar refractivity (Wildman–Crippen MR) is 88.4 cm³/mol. The molecular formula is C16H31N3O4. The van der Waals surface area contributed by atoms with Gasteiger partial charge in [0.05, 0.1) is 0 Å². The molecule has 0 aromatic rings. The van der Waals surface area contributed by atoms with Gasteiger partial charge >= 0.3 is 12.2 Å². The van der Waals surface area contributed by atoms with Crippen LogP contribution in [0, 0.1) is 0 Å². The third-order valence-corrected chi connectivity index (χ3v) is 2.92. The summed E-state index contributed by atoms with van der Waals surface area (Å²) >= 11 is 0. The van der Waals surface area contributed by atoms with E-state index < -0.39 is 17.3 Å². The Kier molecular flexibility index (Phi) is 6.68. The van der Waals surface area contributed by atoms with Crippen LogP contribution < -0.4 is 16.0 Å². The van der Waals surface area contributed by atoms with Gasteiger partial charge in [-0.3, -0.25) is 0 Å². The number of alkyl carbamates (subject to hydrolysis) is 2. The molecule has 3 N–H and O–H groups in total. The molecule has 2 atom stereocenters. The lowest BCUT2D eigenvalue weighted by molar-refractivity contribution is 0.0511. The van der Waals surface area contributed by atoms with Crippen molar-refractivity contribution in [2.45, 2.75) is 77.7 Å². The van der Waals surface area contributed by atoms with Gasteiger partial charge in [0, 0.05) is 18.6 Å². The summed E-state index contributed by atoms with van der Waals surface area (Å²) in [6.45, 7) is 12.3. The van der Waals surface area contributed by atoms with Gasteiger partial charge in [-0.1, -0.05) is 0 Å². The average Bonchev–Trinajstić information content (AvgIpc) is 3.01. The van der Waals surface area contributed by atoms with E-state index in [1.165, 1.54) is 0 Å². The van der Waals surface area contributed by atoms with E-state index in [9.17, 15) is 9.59 Å². The van der Waals surface area contributed by atoms with Gasteiger partial charge in [-0.15, -0.1) is 0 Å². The van der Waals surface area contributed by atoms with Crippen molar-refractivity contribution in [1.82, 2.24) is 16.0 Å². The summed E-state index contributed by atoms with van der Waals surface area (Å²) in [5.74, 6) is 0. The van der Waals surface area contributed by atoms with Crippen LogP contribution in [-0.4, -0.2) is 48.6 Å². The molecule has 0 aromatic heterocycles. The summed E-state index contributed by atoms with van der Waals surface area (Å²) in [6, 6.07) is 0.410. The summed E-state index contributed by atoms with van der Waals surface area (Å²) in [7, 11) is 0. The lowest BCUT2D eigenvalue weighted by Gasteiger charge is -2.20. The molecule has 0 spiro atoms. The molecule has 1 aliphatic carbocycles. The smallest absolute Gasteiger partial charge is 0.407 e. The number of hydrogen-bond donors (Lipinski definition) is 3. The number of carbonyl (C=O) groups is 2. The first kappa shape index (κ1) is 19.5. The molecule has 0 aliphatic heterocycles. The van der Waals surface area contributed by atoms with E-state index in [2.05, 4.69) is 16.0 Å². The maximum Gasteiger partial charge on any atom is 0.407 e. The minimum absolute atomic E-state index is 0.128. The van der Waals surface area contributed by atoms with Gasteiger partial charge < -0.3 is 25.4 Å². The Balaban J connectivity index is 2.02. The van der Waals surface area contributed by atoms with Crippen molar-refractivity contribution >= 4 is 12.2 Å². The van der Waals surface area contributed by atoms with Gasteiger partial charge in [0.1, 0.15) is 11.2 Å². The quantitative estimate of drug-likeness (QED) is 0.650. The minimum Gasteiger partial charge on any atom is -0.444 e. The van der Waals surface area contributed by atoms with E-state index >= 15 is 0 Å². The van der Waals surface area contributed by atoms with Crippen LogP contribution in [0.4, 0.5) is 9.59 Å². The van der Waals surface area contributed by atoms with Crippen molar-refractivity contribution in [2.75, 3.05) is 13.1 Å². The van der Waals surface area contributed by atoms with Crippen LogP contribution in [0.15, 0.2) is 0 Å². The normalized spacial score (nSPS) is 20.6. The summed E-state index contributed by atoms with van der Waals surface area (Å²) in [6.07, 6.45) is 0.931. The number of nitrogens with one attached hydrogen (secondary N) is 3. The Bertz CT molecular complexity index is 413. The zero-order valence-electron chi connectivity index (χ0n) is 15.1. The van der Waals surface area contributed by atoms with Crippen LogP contribution in [0.2, 0.25) is 0 Å². The first-order valence-electron chi connectivity index (χ1n) is 8.16. The zero-order chi connectivity index (χ0) is 17.7. The van der Waals surface area contributed by atoms with E-state index in [0.717, 1.165) is 19.4 Å².